The van der Waals surface area contributed by atoms with E-state index < -0.39 is 5.41 Å². The standard InChI is InChI=1S/C29H44N2O2/c1-21(2)22-10-12-24(13-11-22)30-17-14-25(15-18-30)31-26(16-19-33-28(32)29(3,4)5)20-23-8-6-7-9-27(23)31/h6-9,20-22,24-25H,10-19H2,1-5H3. The zero-order chi connectivity index (χ0) is 23.6. The molecule has 0 spiro atoms. The summed E-state index contributed by atoms with van der Waals surface area (Å²) in [6.07, 6.45) is 8.75. The molecule has 0 amide bonds. The second-order valence-corrected chi connectivity index (χ2v) is 11.8. The Morgan fingerprint density at radius 2 is 1.67 bits per heavy atom. The van der Waals surface area contributed by atoms with Crippen molar-refractivity contribution in [3.8, 4) is 0 Å². The Labute approximate surface area is 200 Å². The molecule has 0 atom stereocenters. The van der Waals surface area contributed by atoms with Crippen molar-refractivity contribution in [1.82, 2.24) is 9.47 Å². The number of benzene rings is 1. The molecule has 182 valence electrons. The van der Waals surface area contributed by atoms with Gasteiger partial charge in [-0.2, -0.15) is 0 Å². The van der Waals surface area contributed by atoms with Crippen molar-refractivity contribution in [2.75, 3.05) is 19.7 Å². The van der Waals surface area contributed by atoms with Gasteiger partial charge in [-0.15, -0.1) is 0 Å². The molecular formula is C29H44N2O2. The number of hydrogen-bond acceptors (Lipinski definition) is 3. The zero-order valence-corrected chi connectivity index (χ0v) is 21.5. The number of rotatable bonds is 6. The fraction of sp³-hybridized carbons (Fsp3) is 0.690. The van der Waals surface area contributed by atoms with Crippen LogP contribution in [-0.4, -0.2) is 41.2 Å². The molecule has 1 aromatic carbocycles. The normalized spacial score (nSPS) is 23.3. The highest BCUT2D eigenvalue weighted by atomic mass is 16.5. The van der Waals surface area contributed by atoms with Crippen LogP contribution < -0.4 is 0 Å². The number of nitrogens with zero attached hydrogens (tertiary/aromatic N) is 2. The fourth-order valence-electron chi connectivity index (χ4n) is 5.96. The molecule has 2 aromatic rings. The van der Waals surface area contributed by atoms with Crippen molar-refractivity contribution in [3.05, 3.63) is 36.0 Å². The molecule has 33 heavy (non-hydrogen) atoms. The molecule has 0 unspecified atom stereocenters. The number of ether oxygens (including phenoxy) is 1. The molecule has 1 aliphatic heterocycles. The minimum Gasteiger partial charge on any atom is -0.465 e. The van der Waals surface area contributed by atoms with Crippen LogP contribution in [0.3, 0.4) is 0 Å². The van der Waals surface area contributed by atoms with Gasteiger partial charge in [-0.3, -0.25) is 4.79 Å². The second-order valence-electron chi connectivity index (χ2n) is 11.8. The van der Waals surface area contributed by atoms with Gasteiger partial charge in [0, 0.05) is 42.8 Å². The monoisotopic (exact) mass is 452 g/mol. The van der Waals surface area contributed by atoms with Gasteiger partial charge in [0.15, 0.2) is 0 Å². The molecule has 1 aromatic heterocycles. The van der Waals surface area contributed by atoms with Gasteiger partial charge in [0.2, 0.25) is 0 Å². The third-order valence-corrected chi connectivity index (χ3v) is 8.10. The Morgan fingerprint density at radius 1 is 1.00 bits per heavy atom. The van der Waals surface area contributed by atoms with Gasteiger partial charge in [-0.1, -0.05) is 32.0 Å². The number of esters is 1. The maximum Gasteiger partial charge on any atom is 0.311 e. The van der Waals surface area contributed by atoms with E-state index in [1.807, 2.05) is 20.8 Å². The lowest BCUT2D eigenvalue weighted by molar-refractivity contribution is -0.152. The first-order valence-electron chi connectivity index (χ1n) is 13.2. The first-order chi connectivity index (χ1) is 15.7. The molecule has 4 rings (SSSR count). The largest absolute Gasteiger partial charge is 0.465 e. The molecule has 0 bridgehead atoms. The third kappa shape index (κ3) is 5.65. The van der Waals surface area contributed by atoms with Crippen LogP contribution in [0, 0.1) is 17.3 Å². The van der Waals surface area contributed by atoms with Crippen molar-refractivity contribution < 1.29 is 9.53 Å². The minimum absolute atomic E-state index is 0.120. The molecule has 0 N–H and O–H groups in total. The van der Waals surface area contributed by atoms with Gasteiger partial charge in [0.1, 0.15) is 0 Å². The van der Waals surface area contributed by atoms with Gasteiger partial charge in [0.05, 0.1) is 12.0 Å². The smallest absolute Gasteiger partial charge is 0.311 e. The van der Waals surface area contributed by atoms with Crippen LogP contribution in [0.4, 0.5) is 0 Å². The van der Waals surface area contributed by atoms with E-state index in [4.69, 9.17) is 4.74 Å². The number of aromatic nitrogens is 1. The highest BCUT2D eigenvalue weighted by Crippen LogP contribution is 2.36. The van der Waals surface area contributed by atoms with Crippen LogP contribution >= 0.6 is 0 Å². The summed E-state index contributed by atoms with van der Waals surface area (Å²) < 4.78 is 8.17. The summed E-state index contributed by atoms with van der Waals surface area (Å²) in [5.41, 5.74) is 2.17. The van der Waals surface area contributed by atoms with Gasteiger partial charge in [-0.05, 0) is 88.7 Å². The average molecular weight is 453 g/mol. The number of carbonyl (C=O) groups excluding carboxylic acids is 1. The molecule has 2 aliphatic rings. The Bertz CT molecular complexity index is 923. The highest BCUT2D eigenvalue weighted by molar-refractivity contribution is 5.81. The van der Waals surface area contributed by atoms with Crippen molar-refractivity contribution in [1.29, 1.82) is 0 Å². The molecule has 4 nitrogen and oxygen atoms in total. The number of fused-ring (bicyclic) bond motifs is 1. The van der Waals surface area contributed by atoms with Crippen LogP contribution in [0.25, 0.3) is 10.9 Å². The molecule has 1 aliphatic carbocycles. The highest BCUT2D eigenvalue weighted by Gasteiger charge is 2.31. The summed E-state index contributed by atoms with van der Waals surface area (Å²) in [4.78, 5) is 15.0. The second kappa shape index (κ2) is 10.2. The molecule has 2 fully saturated rings. The SMILES string of the molecule is CC(C)C1CCC(N2CCC(n3c(CCOC(=O)C(C)(C)C)cc4ccccc43)CC2)CC1. The van der Waals surface area contributed by atoms with Gasteiger partial charge in [0.25, 0.3) is 0 Å². The van der Waals surface area contributed by atoms with E-state index in [0.29, 0.717) is 12.6 Å². The summed E-state index contributed by atoms with van der Waals surface area (Å²) in [6.45, 7) is 13.4. The van der Waals surface area contributed by atoms with E-state index in [0.717, 1.165) is 24.3 Å². The Kier molecular flexibility index (Phi) is 7.53. The van der Waals surface area contributed by atoms with Crippen molar-refractivity contribution in [3.63, 3.8) is 0 Å². The van der Waals surface area contributed by atoms with E-state index in [-0.39, 0.29) is 5.97 Å². The lowest BCUT2D eigenvalue weighted by Crippen LogP contribution is -2.44. The molecule has 2 heterocycles. The molecule has 1 saturated carbocycles. The summed E-state index contributed by atoms with van der Waals surface area (Å²) in [7, 11) is 0. The third-order valence-electron chi connectivity index (χ3n) is 8.10. The molecule has 1 saturated heterocycles. The van der Waals surface area contributed by atoms with Crippen LogP contribution in [0.15, 0.2) is 30.3 Å². The number of piperidine rings is 1. The van der Waals surface area contributed by atoms with Crippen molar-refractivity contribution in [2.24, 2.45) is 17.3 Å². The molecule has 4 heteroatoms. The zero-order valence-electron chi connectivity index (χ0n) is 21.5. The lowest BCUT2D eigenvalue weighted by Gasteiger charge is -2.42. The molecule has 0 radical (unpaired) electrons. The Balaban J connectivity index is 1.41. The van der Waals surface area contributed by atoms with E-state index >= 15 is 0 Å². The number of hydrogen-bond donors (Lipinski definition) is 0. The predicted octanol–water partition coefficient (Wildman–Crippen LogP) is 6.62. The minimum atomic E-state index is -0.451. The first-order valence-corrected chi connectivity index (χ1v) is 13.2. The Hall–Kier alpha value is -1.81. The van der Waals surface area contributed by atoms with Crippen molar-refractivity contribution >= 4 is 16.9 Å². The Morgan fingerprint density at radius 3 is 2.30 bits per heavy atom. The number of para-hydroxylation sites is 1. The predicted molar refractivity (Wildman–Crippen MR) is 136 cm³/mol. The quantitative estimate of drug-likeness (QED) is 0.462. The summed E-state index contributed by atoms with van der Waals surface area (Å²) in [6, 6.07) is 12.3. The summed E-state index contributed by atoms with van der Waals surface area (Å²) >= 11 is 0. The van der Waals surface area contributed by atoms with E-state index in [9.17, 15) is 4.79 Å². The van der Waals surface area contributed by atoms with Gasteiger partial charge in [-0.25, -0.2) is 0 Å². The number of likely N-dealkylation sites (tertiary alicyclic amines) is 1. The van der Waals surface area contributed by atoms with E-state index in [1.165, 1.54) is 68.2 Å². The van der Waals surface area contributed by atoms with Gasteiger partial charge < -0.3 is 14.2 Å². The van der Waals surface area contributed by atoms with Crippen LogP contribution in [-0.2, 0) is 16.0 Å². The first kappa shape index (κ1) is 24.3. The van der Waals surface area contributed by atoms with Crippen molar-refractivity contribution in [2.45, 2.75) is 91.6 Å². The van der Waals surface area contributed by atoms with Crippen LogP contribution in [0.1, 0.15) is 84.9 Å². The summed E-state index contributed by atoms with van der Waals surface area (Å²) in [5.74, 6) is 1.64. The fourth-order valence-corrected chi connectivity index (χ4v) is 5.96. The maximum absolute atomic E-state index is 12.2. The average Bonchev–Trinajstić information content (AvgIpc) is 3.17. The van der Waals surface area contributed by atoms with Gasteiger partial charge >= 0.3 is 5.97 Å². The van der Waals surface area contributed by atoms with E-state index in [2.05, 4.69) is 53.6 Å². The lowest BCUT2D eigenvalue weighted by atomic mass is 9.79. The summed E-state index contributed by atoms with van der Waals surface area (Å²) in [5, 5.41) is 1.30. The topological polar surface area (TPSA) is 34.5 Å². The number of carbonyl (C=O) groups is 1. The maximum atomic E-state index is 12.2. The van der Waals surface area contributed by atoms with E-state index in [1.54, 1.807) is 0 Å². The molecular weight excluding hydrogens is 408 g/mol. The van der Waals surface area contributed by atoms with Crippen LogP contribution in [0.5, 0.6) is 0 Å². The van der Waals surface area contributed by atoms with Crippen LogP contribution in [0.2, 0.25) is 0 Å².